The number of carbonyl (C=O) groups excluding carboxylic acids is 4. The fourth-order valence-corrected chi connectivity index (χ4v) is 8.20. The first-order valence-corrected chi connectivity index (χ1v) is 19.5. The standard InChI is InChI=1S/C41H57N5O6/c1-30-9-11-34-26-33(30)28-42-39(49)35(12-10-31-6-3-2-4-7-31)44-40(50)36(27-38(48)46-19-5-8-32(29-46)14-23-52-34)43-37(47)13-20-45-21-15-41(16-22-45)17-24-51-25-18-41/h2-4,6-7,9,11,26,32,35-36H,5,8,10,12-25,27-29H2,1H3,(H,42,49)(H,43,47)(H,44,50)/t32?,35-,36-/m0/s1. The van der Waals surface area contributed by atoms with Crippen molar-refractivity contribution in [1.29, 1.82) is 0 Å². The SMILES string of the molecule is Cc1ccc2cc1CNC(=O)[C@H](CCc1ccccc1)NC(=O)[C@@H](NC(=O)CCN1CCC3(CCOCC3)CC1)CC(=O)N1CCCC(CCO2)C1. The van der Waals surface area contributed by atoms with Crippen molar-refractivity contribution in [3.63, 3.8) is 0 Å². The normalized spacial score (nSPS) is 24.9. The van der Waals surface area contributed by atoms with E-state index in [-0.39, 0.29) is 43.0 Å². The van der Waals surface area contributed by atoms with Crippen molar-refractivity contribution in [1.82, 2.24) is 25.8 Å². The molecule has 1 unspecified atom stereocenters. The number of rotatable bonds is 7. The zero-order valence-corrected chi connectivity index (χ0v) is 30.8. The number of nitrogens with one attached hydrogen (secondary N) is 3. The summed E-state index contributed by atoms with van der Waals surface area (Å²) < 4.78 is 11.7. The molecule has 4 aliphatic rings. The van der Waals surface area contributed by atoms with E-state index < -0.39 is 18.0 Å². The zero-order valence-electron chi connectivity index (χ0n) is 30.8. The molecule has 52 heavy (non-hydrogen) atoms. The van der Waals surface area contributed by atoms with Crippen LogP contribution in [0.5, 0.6) is 5.75 Å². The average molecular weight is 716 g/mol. The molecule has 2 aromatic rings. The summed E-state index contributed by atoms with van der Waals surface area (Å²) in [5.41, 5.74) is 3.38. The van der Waals surface area contributed by atoms with Crippen LogP contribution in [0, 0.1) is 18.3 Å². The second kappa shape index (κ2) is 18.2. The molecule has 0 radical (unpaired) electrons. The van der Waals surface area contributed by atoms with Gasteiger partial charge in [0, 0.05) is 45.8 Å². The molecule has 11 nitrogen and oxygen atoms in total. The van der Waals surface area contributed by atoms with E-state index >= 15 is 0 Å². The Kier molecular flexibility index (Phi) is 13.2. The molecule has 11 heteroatoms. The lowest BCUT2D eigenvalue weighted by Gasteiger charge is -2.44. The lowest BCUT2D eigenvalue weighted by Crippen LogP contribution is -2.55. The number of carbonyl (C=O) groups is 4. The molecule has 3 saturated heterocycles. The summed E-state index contributed by atoms with van der Waals surface area (Å²) in [6.07, 6.45) is 8.11. The number of fused-ring (bicyclic) bond motifs is 4. The van der Waals surface area contributed by atoms with Gasteiger partial charge in [-0.3, -0.25) is 19.2 Å². The molecule has 282 valence electrons. The summed E-state index contributed by atoms with van der Waals surface area (Å²) >= 11 is 0. The number of piperidine rings is 2. The molecule has 0 aliphatic carbocycles. The molecule has 3 atom stereocenters. The van der Waals surface area contributed by atoms with Gasteiger partial charge in [-0.1, -0.05) is 36.4 Å². The Labute approximate surface area is 308 Å². The van der Waals surface area contributed by atoms with E-state index in [1.807, 2.05) is 60.4 Å². The van der Waals surface area contributed by atoms with Crippen LogP contribution >= 0.6 is 0 Å². The first-order valence-electron chi connectivity index (χ1n) is 19.5. The predicted octanol–water partition coefficient (Wildman–Crippen LogP) is 3.91. The minimum atomic E-state index is -1.10. The molecule has 0 aromatic heterocycles. The number of aryl methyl sites for hydroxylation is 2. The topological polar surface area (TPSA) is 129 Å². The van der Waals surface area contributed by atoms with Crippen molar-refractivity contribution in [2.45, 2.75) is 96.2 Å². The van der Waals surface area contributed by atoms with Crippen molar-refractivity contribution in [2.24, 2.45) is 11.3 Å². The first kappa shape index (κ1) is 37.8. The maximum Gasteiger partial charge on any atom is 0.243 e. The highest BCUT2D eigenvalue weighted by molar-refractivity contribution is 5.95. The van der Waals surface area contributed by atoms with Crippen molar-refractivity contribution < 1.29 is 28.7 Å². The Morgan fingerprint density at radius 3 is 2.52 bits per heavy atom. The summed E-state index contributed by atoms with van der Waals surface area (Å²) in [7, 11) is 0. The van der Waals surface area contributed by atoms with Gasteiger partial charge in [0.25, 0.3) is 0 Å². The third-order valence-electron chi connectivity index (χ3n) is 11.8. The average Bonchev–Trinajstić information content (AvgIpc) is 3.16. The van der Waals surface area contributed by atoms with Gasteiger partial charge in [-0.15, -0.1) is 0 Å². The molecular weight excluding hydrogens is 658 g/mol. The Bertz CT molecular complexity index is 1520. The van der Waals surface area contributed by atoms with E-state index in [9.17, 15) is 19.2 Å². The minimum Gasteiger partial charge on any atom is -0.494 e. The van der Waals surface area contributed by atoms with Crippen LogP contribution in [0.1, 0.15) is 80.9 Å². The predicted molar refractivity (Wildman–Crippen MR) is 198 cm³/mol. The molecule has 4 heterocycles. The van der Waals surface area contributed by atoms with Gasteiger partial charge in [0.15, 0.2) is 0 Å². The van der Waals surface area contributed by atoms with E-state index in [2.05, 4.69) is 20.9 Å². The molecular formula is C41H57N5O6. The highest BCUT2D eigenvalue weighted by Gasteiger charge is 2.36. The molecule has 4 bridgehead atoms. The number of amides is 4. The third kappa shape index (κ3) is 10.6. The summed E-state index contributed by atoms with van der Waals surface area (Å²) in [5.74, 6) is -0.242. The van der Waals surface area contributed by atoms with Crippen LogP contribution < -0.4 is 20.7 Å². The van der Waals surface area contributed by atoms with Gasteiger partial charge in [0.05, 0.1) is 13.0 Å². The van der Waals surface area contributed by atoms with Crippen LogP contribution in [0.15, 0.2) is 48.5 Å². The lowest BCUT2D eigenvalue weighted by molar-refractivity contribution is -0.138. The fourth-order valence-electron chi connectivity index (χ4n) is 8.20. The monoisotopic (exact) mass is 715 g/mol. The number of likely N-dealkylation sites (tertiary alicyclic amines) is 1. The maximum atomic E-state index is 14.1. The van der Waals surface area contributed by atoms with E-state index in [4.69, 9.17) is 9.47 Å². The van der Waals surface area contributed by atoms with Gasteiger partial charge >= 0.3 is 0 Å². The molecule has 0 saturated carbocycles. The quantitative estimate of drug-likeness (QED) is 0.397. The highest BCUT2D eigenvalue weighted by atomic mass is 16.5. The van der Waals surface area contributed by atoms with Gasteiger partial charge in [-0.25, -0.2) is 0 Å². The third-order valence-corrected chi connectivity index (χ3v) is 11.8. The van der Waals surface area contributed by atoms with Crippen LogP contribution in [0.3, 0.4) is 0 Å². The Morgan fingerprint density at radius 2 is 1.73 bits per heavy atom. The molecule has 3 N–H and O–H groups in total. The largest absolute Gasteiger partial charge is 0.494 e. The fraction of sp³-hybridized carbons (Fsp3) is 0.610. The molecule has 2 aromatic carbocycles. The smallest absolute Gasteiger partial charge is 0.243 e. The lowest BCUT2D eigenvalue weighted by atomic mass is 9.72. The summed E-state index contributed by atoms with van der Waals surface area (Å²) in [5, 5.41) is 8.90. The van der Waals surface area contributed by atoms with Gasteiger partial charge in [0.1, 0.15) is 17.8 Å². The zero-order chi connectivity index (χ0) is 36.3. The summed E-state index contributed by atoms with van der Waals surface area (Å²) in [6.45, 7) is 8.16. The van der Waals surface area contributed by atoms with Gasteiger partial charge < -0.3 is 35.2 Å². The highest BCUT2D eigenvalue weighted by Crippen LogP contribution is 2.40. The number of hydrogen-bond acceptors (Lipinski definition) is 7. The second-order valence-electron chi connectivity index (χ2n) is 15.4. The van der Waals surface area contributed by atoms with E-state index in [0.717, 1.165) is 93.7 Å². The number of ether oxygens (including phenoxy) is 2. The summed E-state index contributed by atoms with van der Waals surface area (Å²) in [6, 6.07) is 13.8. The molecule has 4 aliphatic heterocycles. The Balaban J connectivity index is 1.16. The van der Waals surface area contributed by atoms with Crippen LogP contribution in [0.4, 0.5) is 0 Å². The molecule has 4 amide bonds. The molecule has 6 rings (SSSR count). The summed E-state index contributed by atoms with van der Waals surface area (Å²) in [4.78, 5) is 59.3. The number of nitrogens with zero attached hydrogens (tertiary/aromatic N) is 2. The first-order chi connectivity index (χ1) is 25.2. The van der Waals surface area contributed by atoms with E-state index in [1.165, 1.54) is 0 Å². The van der Waals surface area contributed by atoms with Crippen LogP contribution in [-0.4, -0.2) is 98.1 Å². The van der Waals surface area contributed by atoms with Crippen molar-refractivity contribution in [3.05, 3.63) is 65.2 Å². The molecule has 1 spiro atoms. The minimum absolute atomic E-state index is 0.161. The second-order valence-corrected chi connectivity index (χ2v) is 15.4. The van der Waals surface area contributed by atoms with Gasteiger partial charge in [0.2, 0.25) is 23.6 Å². The molecule has 3 fully saturated rings. The van der Waals surface area contributed by atoms with Crippen molar-refractivity contribution >= 4 is 23.6 Å². The van der Waals surface area contributed by atoms with Crippen molar-refractivity contribution in [2.75, 3.05) is 52.5 Å². The van der Waals surface area contributed by atoms with Crippen molar-refractivity contribution in [3.8, 4) is 5.75 Å². The Hall–Kier alpha value is -3.96. The van der Waals surface area contributed by atoms with Crippen LogP contribution in [-0.2, 0) is 36.9 Å². The van der Waals surface area contributed by atoms with E-state index in [0.29, 0.717) is 44.5 Å². The Morgan fingerprint density at radius 1 is 0.942 bits per heavy atom. The number of benzene rings is 2. The number of hydrogen-bond donors (Lipinski definition) is 3. The van der Waals surface area contributed by atoms with Crippen LogP contribution in [0.2, 0.25) is 0 Å². The maximum absolute atomic E-state index is 14.1. The van der Waals surface area contributed by atoms with Gasteiger partial charge in [-0.05, 0) is 118 Å². The van der Waals surface area contributed by atoms with Gasteiger partial charge in [-0.2, -0.15) is 0 Å². The van der Waals surface area contributed by atoms with E-state index in [1.54, 1.807) is 0 Å². The van der Waals surface area contributed by atoms with Crippen LogP contribution in [0.25, 0.3) is 0 Å².